The fourth-order valence-corrected chi connectivity index (χ4v) is 2.69. The van der Waals surface area contributed by atoms with Gasteiger partial charge in [-0.05, 0) is 56.6 Å². The molecule has 1 aromatic carbocycles. The van der Waals surface area contributed by atoms with Gasteiger partial charge in [0.1, 0.15) is 12.4 Å². The number of alkyl halides is 1. The van der Waals surface area contributed by atoms with E-state index in [2.05, 4.69) is 20.8 Å². The minimum absolute atomic E-state index is 0.202. The van der Waals surface area contributed by atoms with Crippen LogP contribution < -0.4 is 4.74 Å². The molecule has 1 aliphatic heterocycles. The molecule has 0 bridgehead atoms. The predicted molar refractivity (Wildman–Crippen MR) is 85.0 cm³/mol. The molecule has 2 rings (SSSR count). The van der Waals surface area contributed by atoms with Crippen molar-refractivity contribution in [3.05, 3.63) is 29.8 Å². The maximum Gasteiger partial charge on any atom is 0.162 e. The number of nitrogens with zero attached hydrogens (tertiary/aromatic N) is 1. The van der Waals surface area contributed by atoms with E-state index in [4.69, 9.17) is 4.74 Å². The maximum absolute atomic E-state index is 11.8. The number of carbonyl (C=O) groups is 1. The van der Waals surface area contributed by atoms with E-state index in [1.165, 1.54) is 25.9 Å². The molecule has 0 N–H and O–H groups in total. The highest BCUT2D eigenvalue weighted by Crippen LogP contribution is 2.15. The van der Waals surface area contributed by atoms with Crippen molar-refractivity contribution in [1.29, 1.82) is 0 Å². The third-order valence-corrected chi connectivity index (χ3v) is 4.15. The van der Waals surface area contributed by atoms with Gasteiger partial charge in [0.2, 0.25) is 0 Å². The second kappa shape index (κ2) is 8.42. The number of carbonyl (C=O) groups excluding carboxylic acids is 1. The summed E-state index contributed by atoms with van der Waals surface area (Å²) in [6, 6.07) is 7.51. The Balaban J connectivity index is 1.74. The highest BCUT2D eigenvalue weighted by Gasteiger charge is 2.11. The van der Waals surface area contributed by atoms with Gasteiger partial charge in [-0.3, -0.25) is 9.69 Å². The van der Waals surface area contributed by atoms with Crippen molar-refractivity contribution in [2.24, 2.45) is 0 Å². The van der Waals surface area contributed by atoms with E-state index in [1.807, 2.05) is 24.3 Å². The van der Waals surface area contributed by atoms with Gasteiger partial charge >= 0.3 is 0 Å². The number of ketones is 1. The van der Waals surface area contributed by atoms with E-state index in [0.29, 0.717) is 6.42 Å². The summed E-state index contributed by atoms with van der Waals surface area (Å²) in [6.07, 6.45) is 4.10. The monoisotopic (exact) mass is 339 g/mol. The van der Waals surface area contributed by atoms with Gasteiger partial charge in [-0.25, -0.2) is 0 Å². The summed E-state index contributed by atoms with van der Waals surface area (Å²) in [5.41, 5.74) is 0.776. The molecule has 1 aromatic rings. The van der Waals surface area contributed by atoms with E-state index in [1.54, 1.807) is 0 Å². The van der Waals surface area contributed by atoms with Crippen LogP contribution in [0.15, 0.2) is 24.3 Å². The van der Waals surface area contributed by atoms with Crippen LogP contribution in [0.5, 0.6) is 5.75 Å². The molecule has 20 heavy (non-hydrogen) atoms. The summed E-state index contributed by atoms with van der Waals surface area (Å²) in [6.45, 7) is 4.11. The zero-order chi connectivity index (χ0) is 14.2. The Labute approximate surface area is 129 Å². The van der Waals surface area contributed by atoms with Crippen molar-refractivity contribution in [3.63, 3.8) is 0 Å². The lowest BCUT2D eigenvalue weighted by molar-refractivity contribution is 0.0982. The normalized spacial score (nSPS) is 15.4. The van der Waals surface area contributed by atoms with Gasteiger partial charge < -0.3 is 4.74 Å². The van der Waals surface area contributed by atoms with Crippen molar-refractivity contribution < 1.29 is 9.53 Å². The van der Waals surface area contributed by atoms with E-state index >= 15 is 0 Å². The van der Waals surface area contributed by atoms with Crippen LogP contribution >= 0.6 is 15.9 Å². The van der Waals surface area contributed by atoms with Gasteiger partial charge in [0.05, 0.1) is 0 Å². The minimum atomic E-state index is 0.202. The molecule has 1 fully saturated rings. The molecule has 0 saturated carbocycles. The van der Waals surface area contributed by atoms with E-state index < -0.39 is 0 Å². The summed E-state index contributed by atoms with van der Waals surface area (Å²) in [4.78, 5) is 14.3. The minimum Gasteiger partial charge on any atom is -0.492 e. The molecule has 0 spiro atoms. The van der Waals surface area contributed by atoms with Gasteiger partial charge in [-0.15, -0.1) is 0 Å². The molecule has 1 aliphatic rings. The smallest absolute Gasteiger partial charge is 0.162 e. The standard InChI is InChI=1S/C16H22BrNO2/c17-9-3-4-16(19)14-5-7-15(8-6-14)20-13-12-18-10-1-2-11-18/h5-8H,1-4,9-13H2. The quantitative estimate of drug-likeness (QED) is 0.536. The third-order valence-electron chi connectivity index (χ3n) is 3.59. The predicted octanol–water partition coefficient (Wildman–Crippen LogP) is 3.52. The number of rotatable bonds is 8. The van der Waals surface area contributed by atoms with E-state index in [9.17, 15) is 4.79 Å². The molecule has 4 heteroatoms. The second-order valence-electron chi connectivity index (χ2n) is 5.14. The average Bonchev–Trinajstić information content (AvgIpc) is 2.99. The van der Waals surface area contributed by atoms with Crippen molar-refractivity contribution >= 4 is 21.7 Å². The molecular weight excluding hydrogens is 318 g/mol. The van der Waals surface area contributed by atoms with Crippen LogP contribution in [0.25, 0.3) is 0 Å². The van der Waals surface area contributed by atoms with Crippen molar-refractivity contribution in [2.45, 2.75) is 25.7 Å². The lowest BCUT2D eigenvalue weighted by Gasteiger charge is -2.14. The molecule has 0 aliphatic carbocycles. The zero-order valence-corrected chi connectivity index (χ0v) is 13.4. The first kappa shape index (κ1) is 15.5. The second-order valence-corrected chi connectivity index (χ2v) is 5.93. The number of hydrogen-bond acceptors (Lipinski definition) is 3. The highest BCUT2D eigenvalue weighted by molar-refractivity contribution is 9.09. The topological polar surface area (TPSA) is 29.5 Å². The third kappa shape index (κ3) is 4.91. The number of hydrogen-bond donors (Lipinski definition) is 0. The first-order chi connectivity index (χ1) is 9.79. The zero-order valence-electron chi connectivity index (χ0n) is 11.8. The first-order valence-electron chi connectivity index (χ1n) is 7.34. The molecule has 1 saturated heterocycles. The molecule has 0 aromatic heterocycles. The van der Waals surface area contributed by atoms with Crippen molar-refractivity contribution in [2.75, 3.05) is 31.6 Å². The van der Waals surface area contributed by atoms with Gasteiger partial charge in [0.15, 0.2) is 5.78 Å². The fourth-order valence-electron chi connectivity index (χ4n) is 2.41. The fraction of sp³-hybridized carbons (Fsp3) is 0.562. The molecular formula is C16H22BrNO2. The van der Waals surface area contributed by atoms with Gasteiger partial charge in [-0.2, -0.15) is 0 Å². The van der Waals surface area contributed by atoms with Crippen LogP contribution in [0.1, 0.15) is 36.0 Å². The Kier molecular flexibility index (Phi) is 6.54. The molecule has 0 amide bonds. The number of likely N-dealkylation sites (tertiary alicyclic amines) is 1. The van der Waals surface area contributed by atoms with Crippen LogP contribution in [0.2, 0.25) is 0 Å². The summed E-state index contributed by atoms with van der Waals surface area (Å²) < 4.78 is 5.72. The van der Waals surface area contributed by atoms with Crippen LogP contribution in [-0.4, -0.2) is 42.3 Å². The van der Waals surface area contributed by atoms with Gasteiger partial charge in [0, 0.05) is 23.9 Å². The van der Waals surface area contributed by atoms with E-state index in [0.717, 1.165) is 36.2 Å². The number of ether oxygens (including phenoxy) is 1. The summed E-state index contributed by atoms with van der Waals surface area (Å²) in [7, 11) is 0. The first-order valence-corrected chi connectivity index (χ1v) is 8.46. The molecule has 0 unspecified atom stereocenters. The Bertz CT molecular complexity index is 413. The molecule has 0 atom stereocenters. The molecule has 3 nitrogen and oxygen atoms in total. The highest BCUT2D eigenvalue weighted by atomic mass is 79.9. The van der Waals surface area contributed by atoms with Gasteiger partial charge in [-0.1, -0.05) is 15.9 Å². The number of benzene rings is 1. The largest absolute Gasteiger partial charge is 0.492 e. The Morgan fingerprint density at radius 2 is 1.90 bits per heavy atom. The average molecular weight is 340 g/mol. The van der Waals surface area contributed by atoms with Crippen LogP contribution in [-0.2, 0) is 0 Å². The SMILES string of the molecule is O=C(CCCBr)c1ccc(OCCN2CCCC2)cc1. The van der Waals surface area contributed by atoms with Crippen LogP contribution in [0.3, 0.4) is 0 Å². The molecule has 110 valence electrons. The maximum atomic E-state index is 11.8. The van der Waals surface area contributed by atoms with Crippen LogP contribution in [0.4, 0.5) is 0 Å². The summed E-state index contributed by atoms with van der Waals surface area (Å²) >= 11 is 3.34. The van der Waals surface area contributed by atoms with E-state index in [-0.39, 0.29) is 5.78 Å². The molecule has 1 heterocycles. The summed E-state index contributed by atoms with van der Waals surface area (Å²) in [5, 5.41) is 0.871. The Morgan fingerprint density at radius 3 is 2.55 bits per heavy atom. The lowest BCUT2D eigenvalue weighted by Crippen LogP contribution is -2.25. The van der Waals surface area contributed by atoms with Crippen LogP contribution in [0, 0.1) is 0 Å². The lowest BCUT2D eigenvalue weighted by atomic mass is 10.1. The summed E-state index contributed by atoms with van der Waals surface area (Å²) in [5.74, 6) is 1.05. The van der Waals surface area contributed by atoms with Gasteiger partial charge in [0.25, 0.3) is 0 Å². The van der Waals surface area contributed by atoms with Crippen molar-refractivity contribution in [1.82, 2.24) is 4.90 Å². The Hall–Kier alpha value is -0.870. The number of Topliss-reactive ketones (excluding diaryl/α,β-unsaturated/α-hetero) is 1. The number of halogens is 1. The molecule has 0 radical (unpaired) electrons. The Morgan fingerprint density at radius 1 is 1.20 bits per heavy atom. The van der Waals surface area contributed by atoms with Crippen molar-refractivity contribution in [3.8, 4) is 5.75 Å².